The molecule has 4 rings (SSSR count). The van der Waals surface area contributed by atoms with Crippen molar-refractivity contribution in [3.63, 3.8) is 0 Å². The van der Waals surface area contributed by atoms with E-state index < -0.39 is 11.1 Å². The van der Waals surface area contributed by atoms with Gasteiger partial charge in [-0.1, -0.05) is 58.0 Å². The Morgan fingerprint density at radius 1 is 1.19 bits per heavy atom. The van der Waals surface area contributed by atoms with Crippen LogP contribution in [0.5, 0.6) is 0 Å². The third-order valence-electron chi connectivity index (χ3n) is 5.50. The zero-order valence-corrected chi connectivity index (χ0v) is 20.7. The second kappa shape index (κ2) is 8.90. The number of amidine groups is 1. The van der Waals surface area contributed by atoms with Crippen LogP contribution in [-0.2, 0) is 10.3 Å². The fourth-order valence-electron chi connectivity index (χ4n) is 4.05. The van der Waals surface area contributed by atoms with Crippen molar-refractivity contribution in [2.24, 2.45) is 10.9 Å². The molecule has 0 spiro atoms. The topological polar surface area (TPSA) is 71.0 Å². The molecule has 0 radical (unpaired) electrons. The van der Waals surface area contributed by atoms with Crippen LogP contribution in [0.25, 0.3) is 0 Å². The average molecular weight is 516 g/mol. The Balaban J connectivity index is 1.67. The van der Waals surface area contributed by atoms with Gasteiger partial charge in [0.1, 0.15) is 11.1 Å². The van der Waals surface area contributed by atoms with Gasteiger partial charge in [0, 0.05) is 28.3 Å². The number of carbonyl (C=O) groups is 2. The molecule has 6 nitrogen and oxygen atoms in total. The second-order valence-electron chi connectivity index (χ2n) is 9.04. The normalized spacial score (nSPS) is 22.7. The molecule has 2 unspecified atom stereocenters. The summed E-state index contributed by atoms with van der Waals surface area (Å²) in [6.07, 6.45) is -0.337. The van der Waals surface area contributed by atoms with Gasteiger partial charge in [-0.3, -0.25) is 4.79 Å². The Hall–Kier alpha value is -2.32. The molecule has 0 aromatic heterocycles. The lowest BCUT2D eigenvalue weighted by molar-refractivity contribution is 0.0282. The lowest BCUT2D eigenvalue weighted by atomic mass is 9.82. The van der Waals surface area contributed by atoms with Crippen molar-refractivity contribution in [3.8, 4) is 0 Å². The summed E-state index contributed by atoms with van der Waals surface area (Å²) in [5.41, 5.74) is 0.372. The maximum absolute atomic E-state index is 12.9. The van der Waals surface area contributed by atoms with Gasteiger partial charge in [0.05, 0.1) is 6.54 Å². The molecule has 2 aromatic carbocycles. The minimum absolute atomic E-state index is 0.103. The highest BCUT2D eigenvalue weighted by atomic mass is 79.9. The maximum atomic E-state index is 12.9. The van der Waals surface area contributed by atoms with Crippen molar-refractivity contribution in [1.82, 2.24) is 10.2 Å². The number of nitrogens with one attached hydrogen (secondary N) is 1. The molecule has 8 heteroatoms. The van der Waals surface area contributed by atoms with E-state index in [1.807, 2.05) is 63.2 Å². The van der Waals surface area contributed by atoms with E-state index in [9.17, 15) is 9.59 Å². The lowest BCUT2D eigenvalue weighted by Crippen LogP contribution is -2.43. The smallest absolute Gasteiger partial charge is 0.410 e. The third kappa shape index (κ3) is 4.86. The number of rotatable bonds is 2. The average Bonchev–Trinajstić information content (AvgIpc) is 3.14. The van der Waals surface area contributed by atoms with E-state index >= 15 is 0 Å². The van der Waals surface area contributed by atoms with Gasteiger partial charge in [-0.25, -0.2) is 9.79 Å². The molecule has 2 heterocycles. The van der Waals surface area contributed by atoms with Crippen LogP contribution in [0.1, 0.15) is 36.7 Å². The Morgan fingerprint density at radius 3 is 2.62 bits per heavy atom. The molecule has 1 N–H and O–H groups in total. The van der Waals surface area contributed by atoms with Crippen molar-refractivity contribution < 1.29 is 14.3 Å². The highest BCUT2D eigenvalue weighted by Gasteiger charge is 2.52. The Kier molecular flexibility index (Phi) is 6.36. The minimum Gasteiger partial charge on any atom is -0.444 e. The standard InChI is InChI=1S/C24H26BrN3O3S/c1-23(2,3)31-22(30)28-13-18-14-32-21(26-20(29)16-8-5-4-6-9-16)27-24(18,15-28)17-10-7-11-19(25)12-17/h4-12,18H,13-15H2,1-3H3,(H,26,27,29). The molecular formula is C24H26BrN3O3S. The van der Waals surface area contributed by atoms with Crippen molar-refractivity contribution in [2.75, 3.05) is 18.8 Å². The zero-order valence-electron chi connectivity index (χ0n) is 18.3. The SMILES string of the molecule is CC(C)(C)OC(=O)N1CC2CSC(NC(=O)c3ccccc3)=NC2(c2cccc(Br)c2)C1. The van der Waals surface area contributed by atoms with E-state index in [1.165, 1.54) is 11.8 Å². The quantitative estimate of drug-likeness (QED) is 0.607. The van der Waals surface area contributed by atoms with Gasteiger partial charge >= 0.3 is 6.09 Å². The number of ether oxygens (including phenoxy) is 1. The predicted octanol–water partition coefficient (Wildman–Crippen LogP) is 5.04. The van der Waals surface area contributed by atoms with Gasteiger partial charge in [-0.2, -0.15) is 0 Å². The fourth-order valence-corrected chi connectivity index (χ4v) is 5.58. The molecule has 0 aliphatic carbocycles. The molecule has 1 saturated heterocycles. The largest absolute Gasteiger partial charge is 0.444 e. The number of carbonyl (C=O) groups excluding carboxylic acids is 2. The zero-order chi connectivity index (χ0) is 22.9. The molecular weight excluding hydrogens is 490 g/mol. The summed E-state index contributed by atoms with van der Waals surface area (Å²) < 4.78 is 6.58. The molecule has 2 aliphatic rings. The summed E-state index contributed by atoms with van der Waals surface area (Å²) in [5, 5.41) is 3.54. The van der Waals surface area contributed by atoms with Crippen LogP contribution < -0.4 is 5.32 Å². The maximum Gasteiger partial charge on any atom is 0.410 e. The highest BCUT2D eigenvalue weighted by molar-refractivity contribution is 9.10. The summed E-state index contributed by atoms with van der Waals surface area (Å²) in [4.78, 5) is 32.4. The van der Waals surface area contributed by atoms with Gasteiger partial charge in [-0.05, 0) is 50.6 Å². The number of hydrogen-bond donors (Lipinski definition) is 1. The number of thioether (sulfide) groups is 1. The number of halogens is 1. The van der Waals surface area contributed by atoms with Crippen LogP contribution in [0.3, 0.4) is 0 Å². The van der Waals surface area contributed by atoms with Crippen LogP contribution in [-0.4, -0.2) is 46.5 Å². The Labute approximate surface area is 200 Å². The number of amides is 2. The first kappa shape index (κ1) is 22.9. The first-order valence-electron chi connectivity index (χ1n) is 10.5. The minimum atomic E-state index is -0.648. The van der Waals surface area contributed by atoms with Gasteiger partial charge in [-0.15, -0.1) is 0 Å². The number of hydrogen-bond acceptors (Lipinski definition) is 5. The molecule has 0 saturated carbocycles. The van der Waals surface area contributed by atoms with Crippen molar-refractivity contribution in [1.29, 1.82) is 0 Å². The van der Waals surface area contributed by atoms with Crippen molar-refractivity contribution in [3.05, 3.63) is 70.2 Å². The van der Waals surface area contributed by atoms with E-state index in [4.69, 9.17) is 9.73 Å². The molecule has 32 heavy (non-hydrogen) atoms. The summed E-state index contributed by atoms with van der Waals surface area (Å²) in [5.74, 6) is 0.646. The van der Waals surface area contributed by atoms with E-state index in [2.05, 4.69) is 21.2 Å². The van der Waals surface area contributed by atoms with Gasteiger partial charge < -0.3 is 15.0 Å². The lowest BCUT2D eigenvalue weighted by Gasteiger charge is -2.35. The number of fused-ring (bicyclic) bond motifs is 1. The second-order valence-corrected chi connectivity index (χ2v) is 11.0. The van der Waals surface area contributed by atoms with Gasteiger partial charge in [0.2, 0.25) is 0 Å². The van der Waals surface area contributed by atoms with Crippen LogP contribution in [0.15, 0.2) is 64.1 Å². The van der Waals surface area contributed by atoms with Crippen LogP contribution in [0.2, 0.25) is 0 Å². The summed E-state index contributed by atoms with van der Waals surface area (Å²) in [6.45, 7) is 6.54. The highest BCUT2D eigenvalue weighted by Crippen LogP contribution is 2.46. The fraction of sp³-hybridized carbons (Fsp3) is 0.375. The van der Waals surface area contributed by atoms with Gasteiger partial charge in [0.15, 0.2) is 5.17 Å². The summed E-state index contributed by atoms with van der Waals surface area (Å²) in [6, 6.07) is 17.1. The first-order valence-corrected chi connectivity index (χ1v) is 12.3. The molecule has 1 fully saturated rings. The predicted molar refractivity (Wildman–Crippen MR) is 131 cm³/mol. The Bertz CT molecular complexity index is 1050. The van der Waals surface area contributed by atoms with E-state index in [-0.39, 0.29) is 17.9 Å². The van der Waals surface area contributed by atoms with Crippen molar-refractivity contribution >= 4 is 44.9 Å². The van der Waals surface area contributed by atoms with E-state index in [1.54, 1.807) is 17.0 Å². The molecule has 2 aliphatic heterocycles. The van der Waals surface area contributed by atoms with Crippen molar-refractivity contribution in [2.45, 2.75) is 31.9 Å². The summed E-state index contributed by atoms with van der Waals surface area (Å²) in [7, 11) is 0. The number of likely N-dealkylation sites (tertiary alicyclic amines) is 1. The van der Waals surface area contributed by atoms with Crippen LogP contribution in [0.4, 0.5) is 4.79 Å². The Morgan fingerprint density at radius 2 is 1.94 bits per heavy atom. The van der Waals surface area contributed by atoms with Crippen LogP contribution in [0, 0.1) is 5.92 Å². The molecule has 2 aromatic rings. The first-order chi connectivity index (χ1) is 15.2. The van der Waals surface area contributed by atoms with Crippen LogP contribution >= 0.6 is 27.7 Å². The summed E-state index contributed by atoms with van der Waals surface area (Å²) >= 11 is 5.08. The molecule has 2 amide bonds. The third-order valence-corrected chi connectivity index (χ3v) is 7.03. The number of benzene rings is 2. The van der Waals surface area contributed by atoms with Gasteiger partial charge in [0.25, 0.3) is 5.91 Å². The molecule has 0 bridgehead atoms. The van der Waals surface area contributed by atoms with E-state index in [0.717, 1.165) is 15.8 Å². The number of nitrogens with zero attached hydrogens (tertiary/aromatic N) is 2. The number of aliphatic imine (C=N–C) groups is 1. The monoisotopic (exact) mass is 515 g/mol. The molecule has 2 atom stereocenters. The molecule has 168 valence electrons. The van der Waals surface area contributed by atoms with E-state index in [0.29, 0.717) is 23.8 Å².